The van der Waals surface area contributed by atoms with Crippen LogP contribution in [0.5, 0.6) is 0 Å². The van der Waals surface area contributed by atoms with Gasteiger partial charge in [-0.2, -0.15) is 0 Å². The smallest absolute Gasteiger partial charge is 0.256 e. The van der Waals surface area contributed by atoms with Crippen molar-refractivity contribution in [2.75, 3.05) is 5.32 Å². The van der Waals surface area contributed by atoms with Gasteiger partial charge in [0.2, 0.25) is 0 Å². The van der Waals surface area contributed by atoms with Crippen LogP contribution in [-0.2, 0) is 4.79 Å². The predicted molar refractivity (Wildman–Crippen MR) is 109 cm³/mol. The van der Waals surface area contributed by atoms with E-state index in [1.54, 1.807) is 6.07 Å². The molecule has 0 unspecified atom stereocenters. The summed E-state index contributed by atoms with van der Waals surface area (Å²) >= 11 is 0. The summed E-state index contributed by atoms with van der Waals surface area (Å²) in [5, 5.41) is 2.86. The Balaban J connectivity index is 1.66. The van der Waals surface area contributed by atoms with Gasteiger partial charge in [0.25, 0.3) is 5.91 Å². The molecule has 2 fully saturated rings. The molecule has 4 rings (SSSR count). The van der Waals surface area contributed by atoms with Crippen LogP contribution in [-0.4, -0.2) is 5.91 Å². The lowest BCUT2D eigenvalue weighted by Gasteiger charge is -2.58. The van der Waals surface area contributed by atoms with Gasteiger partial charge >= 0.3 is 0 Å². The molecule has 0 spiro atoms. The van der Waals surface area contributed by atoms with Crippen LogP contribution in [0.3, 0.4) is 0 Å². The van der Waals surface area contributed by atoms with Gasteiger partial charge in [0.15, 0.2) is 0 Å². The lowest BCUT2D eigenvalue weighted by Crippen LogP contribution is -2.49. The zero-order valence-electron chi connectivity index (χ0n) is 16.7. The molecule has 1 amide bonds. The largest absolute Gasteiger partial charge is 0.321 e. The second kappa shape index (κ2) is 6.32. The Morgan fingerprint density at radius 1 is 1.30 bits per heavy atom. The maximum absolute atomic E-state index is 13.7. The molecule has 3 aliphatic rings. The molecule has 3 heteroatoms. The minimum Gasteiger partial charge on any atom is -0.321 e. The quantitative estimate of drug-likeness (QED) is 0.479. The van der Waals surface area contributed by atoms with Crippen LogP contribution in [0, 0.1) is 28.5 Å². The maximum Gasteiger partial charge on any atom is 0.256 e. The predicted octanol–water partition coefficient (Wildman–Crippen LogP) is 6.35. The highest BCUT2D eigenvalue weighted by Gasteiger charge is 2.52. The van der Waals surface area contributed by atoms with E-state index in [1.807, 2.05) is 6.08 Å². The fourth-order valence-electron chi connectivity index (χ4n) is 6.31. The molecule has 1 aromatic carbocycles. The first-order chi connectivity index (χ1) is 12.7. The van der Waals surface area contributed by atoms with Crippen LogP contribution in [0.4, 0.5) is 10.1 Å². The van der Waals surface area contributed by atoms with E-state index in [-0.39, 0.29) is 17.1 Å². The molecule has 1 heterocycles. The summed E-state index contributed by atoms with van der Waals surface area (Å²) in [5.74, 6) is 0.644. The highest BCUT2D eigenvalue weighted by molar-refractivity contribution is 6.31. The number of carbonyl (C=O) groups is 1. The molecule has 2 saturated carbocycles. The van der Waals surface area contributed by atoms with Crippen LogP contribution < -0.4 is 5.32 Å². The van der Waals surface area contributed by atoms with Crippen molar-refractivity contribution in [3.8, 4) is 0 Å². The normalized spacial score (nSPS) is 33.6. The van der Waals surface area contributed by atoms with E-state index in [0.717, 1.165) is 12.8 Å². The lowest BCUT2D eigenvalue weighted by atomic mass is 9.47. The van der Waals surface area contributed by atoms with Crippen molar-refractivity contribution >= 4 is 17.2 Å². The SMILES string of the molecule is C=C1CC[C@H]2C(C)(C)CCC[C@]2(C)[C@H]1C/C=C1\C(=O)Nc2ccc(F)cc21. The van der Waals surface area contributed by atoms with Crippen molar-refractivity contribution in [3.63, 3.8) is 0 Å². The Kier molecular flexibility index (Phi) is 4.32. The molecule has 27 heavy (non-hydrogen) atoms. The Bertz CT molecular complexity index is 837. The Labute approximate surface area is 161 Å². The molecule has 144 valence electrons. The number of allylic oxidation sites excluding steroid dienone is 2. The summed E-state index contributed by atoms with van der Waals surface area (Å²) < 4.78 is 13.7. The van der Waals surface area contributed by atoms with E-state index in [0.29, 0.717) is 34.1 Å². The van der Waals surface area contributed by atoms with E-state index in [2.05, 4.69) is 32.7 Å². The number of amides is 1. The van der Waals surface area contributed by atoms with E-state index in [4.69, 9.17) is 0 Å². The van der Waals surface area contributed by atoms with Gasteiger partial charge in [-0.3, -0.25) is 4.79 Å². The number of carbonyl (C=O) groups excluding carboxylic acids is 1. The Hall–Kier alpha value is -1.90. The summed E-state index contributed by atoms with van der Waals surface area (Å²) in [6, 6.07) is 4.49. The van der Waals surface area contributed by atoms with Crippen LogP contribution in [0.25, 0.3) is 5.57 Å². The standard InChI is InChI=1S/C24H30FNO/c1-15-6-11-21-23(2,3)12-5-13-24(21,4)19(15)9-8-17-18-14-16(25)7-10-20(18)26-22(17)27/h7-8,10,14,19,21H,1,5-6,9,11-13H2,2-4H3,(H,26,27)/b17-8-/t19-,21-,24+/m0/s1. The summed E-state index contributed by atoms with van der Waals surface area (Å²) in [5.41, 5.74) is 3.91. The lowest BCUT2D eigenvalue weighted by molar-refractivity contribution is -0.110. The molecule has 0 bridgehead atoms. The number of halogens is 1. The second-order valence-corrected chi connectivity index (χ2v) is 9.65. The summed E-state index contributed by atoms with van der Waals surface area (Å²) in [6.07, 6.45) is 8.92. The van der Waals surface area contributed by atoms with Gasteiger partial charge < -0.3 is 5.32 Å². The Morgan fingerprint density at radius 2 is 2.07 bits per heavy atom. The van der Waals surface area contributed by atoms with Gasteiger partial charge in [-0.15, -0.1) is 0 Å². The first-order valence-electron chi connectivity index (χ1n) is 10.2. The van der Waals surface area contributed by atoms with Crippen molar-refractivity contribution in [3.05, 3.63) is 47.8 Å². The van der Waals surface area contributed by atoms with Gasteiger partial charge in [0.05, 0.1) is 0 Å². The number of hydrogen-bond acceptors (Lipinski definition) is 1. The van der Waals surface area contributed by atoms with Gasteiger partial charge in [-0.05, 0) is 73.0 Å². The van der Waals surface area contributed by atoms with Gasteiger partial charge in [0, 0.05) is 16.8 Å². The topological polar surface area (TPSA) is 29.1 Å². The monoisotopic (exact) mass is 367 g/mol. The average molecular weight is 368 g/mol. The van der Waals surface area contributed by atoms with Crippen molar-refractivity contribution in [1.29, 1.82) is 0 Å². The third kappa shape index (κ3) is 2.96. The highest BCUT2D eigenvalue weighted by atomic mass is 19.1. The first kappa shape index (κ1) is 18.5. The highest BCUT2D eigenvalue weighted by Crippen LogP contribution is 2.61. The third-order valence-corrected chi connectivity index (χ3v) is 7.64. The number of fused-ring (bicyclic) bond motifs is 2. The second-order valence-electron chi connectivity index (χ2n) is 9.65. The fourth-order valence-corrected chi connectivity index (χ4v) is 6.31. The molecule has 1 aromatic rings. The Morgan fingerprint density at radius 3 is 2.85 bits per heavy atom. The van der Waals surface area contributed by atoms with Crippen molar-refractivity contribution < 1.29 is 9.18 Å². The summed E-state index contributed by atoms with van der Waals surface area (Å²) in [6.45, 7) is 11.7. The van der Waals surface area contributed by atoms with Crippen LogP contribution in [0.2, 0.25) is 0 Å². The van der Waals surface area contributed by atoms with Crippen LogP contribution in [0.15, 0.2) is 36.4 Å². The maximum atomic E-state index is 13.7. The zero-order valence-corrected chi connectivity index (χ0v) is 16.7. The minimum absolute atomic E-state index is 0.123. The van der Waals surface area contributed by atoms with E-state index in [1.165, 1.54) is 43.4 Å². The molecular formula is C24H30FNO. The molecule has 2 aliphatic carbocycles. The molecule has 1 aliphatic heterocycles. The van der Waals surface area contributed by atoms with Crippen LogP contribution in [0.1, 0.15) is 64.9 Å². The van der Waals surface area contributed by atoms with Crippen molar-refractivity contribution in [2.45, 2.75) is 59.3 Å². The van der Waals surface area contributed by atoms with E-state index < -0.39 is 0 Å². The molecule has 0 aromatic heterocycles. The van der Waals surface area contributed by atoms with Gasteiger partial charge in [0.1, 0.15) is 5.82 Å². The number of anilines is 1. The number of nitrogens with one attached hydrogen (secondary N) is 1. The number of rotatable bonds is 2. The average Bonchev–Trinajstić information content (AvgIpc) is 2.88. The summed E-state index contributed by atoms with van der Waals surface area (Å²) in [7, 11) is 0. The fraction of sp³-hybridized carbons (Fsp3) is 0.542. The first-order valence-corrected chi connectivity index (χ1v) is 10.2. The summed E-state index contributed by atoms with van der Waals surface area (Å²) in [4.78, 5) is 12.4. The molecule has 2 nitrogen and oxygen atoms in total. The van der Waals surface area contributed by atoms with Gasteiger partial charge in [-0.25, -0.2) is 4.39 Å². The number of benzene rings is 1. The molecular weight excluding hydrogens is 337 g/mol. The molecule has 3 atom stereocenters. The zero-order chi connectivity index (χ0) is 19.4. The minimum atomic E-state index is -0.306. The van der Waals surface area contributed by atoms with Crippen LogP contribution >= 0.6 is 0 Å². The molecule has 1 N–H and O–H groups in total. The molecule has 0 radical (unpaired) electrons. The van der Waals surface area contributed by atoms with Crippen molar-refractivity contribution in [2.24, 2.45) is 22.7 Å². The van der Waals surface area contributed by atoms with Crippen molar-refractivity contribution in [1.82, 2.24) is 0 Å². The number of hydrogen-bond donors (Lipinski definition) is 1. The van der Waals surface area contributed by atoms with E-state index >= 15 is 0 Å². The van der Waals surface area contributed by atoms with E-state index in [9.17, 15) is 9.18 Å². The third-order valence-electron chi connectivity index (χ3n) is 7.64. The van der Waals surface area contributed by atoms with Gasteiger partial charge in [-0.1, -0.05) is 45.4 Å². The molecule has 0 saturated heterocycles.